The number of rotatable bonds is 6. The minimum absolute atomic E-state index is 0.0296. The van der Waals surface area contributed by atoms with Gasteiger partial charge in [-0.3, -0.25) is 4.79 Å². The summed E-state index contributed by atoms with van der Waals surface area (Å²) in [7, 11) is -2.50. The Labute approximate surface area is 133 Å². The number of furan rings is 1. The van der Waals surface area contributed by atoms with Crippen LogP contribution in [0.2, 0.25) is 5.02 Å². The Morgan fingerprint density at radius 2 is 2.00 bits per heavy atom. The molecule has 118 valence electrons. The van der Waals surface area contributed by atoms with Crippen LogP contribution >= 0.6 is 11.6 Å². The second-order valence-electron chi connectivity index (χ2n) is 4.55. The van der Waals surface area contributed by atoms with Crippen molar-refractivity contribution in [3.63, 3.8) is 0 Å². The number of amides is 1. The molecule has 1 amide bonds. The molecule has 0 aliphatic carbocycles. The van der Waals surface area contributed by atoms with E-state index in [-0.39, 0.29) is 23.0 Å². The predicted molar refractivity (Wildman–Crippen MR) is 81.8 cm³/mol. The number of likely N-dealkylation sites (N-methyl/N-ethyl adjacent to an activating group) is 1. The molecule has 2 rings (SSSR count). The van der Waals surface area contributed by atoms with E-state index in [1.165, 1.54) is 25.4 Å². The predicted octanol–water partition coefficient (Wildman–Crippen LogP) is 1.87. The molecule has 0 spiro atoms. The van der Waals surface area contributed by atoms with Crippen molar-refractivity contribution in [2.75, 3.05) is 13.6 Å². The van der Waals surface area contributed by atoms with Gasteiger partial charge in [-0.25, -0.2) is 8.42 Å². The third kappa shape index (κ3) is 3.88. The van der Waals surface area contributed by atoms with Gasteiger partial charge < -0.3 is 9.73 Å². The van der Waals surface area contributed by atoms with Crippen molar-refractivity contribution in [1.29, 1.82) is 0 Å². The van der Waals surface area contributed by atoms with Crippen molar-refractivity contribution < 1.29 is 17.6 Å². The van der Waals surface area contributed by atoms with E-state index in [9.17, 15) is 13.2 Å². The summed E-state index contributed by atoms with van der Waals surface area (Å²) in [6, 6.07) is 9.51. The molecule has 8 heteroatoms. The van der Waals surface area contributed by atoms with Gasteiger partial charge >= 0.3 is 0 Å². The van der Waals surface area contributed by atoms with Crippen molar-refractivity contribution in [2.45, 2.75) is 11.4 Å². The molecule has 2 aromatic rings. The Bertz CT molecular complexity index is 744. The molecule has 0 aliphatic heterocycles. The number of nitrogens with zero attached hydrogens (tertiary/aromatic N) is 1. The number of hydrogen-bond donors (Lipinski definition) is 1. The van der Waals surface area contributed by atoms with Crippen LogP contribution in [0.1, 0.15) is 5.76 Å². The van der Waals surface area contributed by atoms with Gasteiger partial charge in [-0.2, -0.15) is 4.31 Å². The van der Waals surface area contributed by atoms with Crippen LogP contribution in [0, 0.1) is 0 Å². The number of halogens is 1. The van der Waals surface area contributed by atoms with Crippen LogP contribution in [0.5, 0.6) is 0 Å². The van der Waals surface area contributed by atoms with Crippen molar-refractivity contribution in [1.82, 2.24) is 9.62 Å². The van der Waals surface area contributed by atoms with Crippen LogP contribution in [-0.2, 0) is 21.4 Å². The van der Waals surface area contributed by atoms with Gasteiger partial charge in [0.15, 0.2) is 0 Å². The van der Waals surface area contributed by atoms with Crippen molar-refractivity contribution in [3.05, 3.63) is 53.4 Å². The first-order valence-corrected chi connectivity index (χ1v) is 8.23. The fraction of sp³-hybridized carbons (Fsp3) is 0.214. The topological polar surface area (TPSA) is 79.6 Å². The lowest BCUT2D eigenvalue weighted by molar-refractivity contribution is -0.121. The van der Waals surface area contributed by atoms with Gasteiger partial charge in [0.1, 0.15) is 10.7 Å². The largest absolute Gasteiger partial charge is 0.467 e. The van der Waals surface area contributed by atoms with E-state index in [0.717, 1.165) is 4.31 Å². The molecule has 1 heterocycles. The van der Waals surface area contributed by atoms with E-state index in [0.29, 0.717) is 5.76 Å². The van der Waals surface area contributed by atoms with Crippen molar-refractivity contribution in [3.8, 4) is 0 Å². The number of nitrogens with one attached hydrogen (secondary N) is 1. The fourth-order valence-corrected chi connectivity index (χ4v) is 3.38. The van der Waals surface area contributed by atoms with Crippen LogP contribution < -0.4 is 5.32 Å². The molecule has 0 unspecified atom stereocenters. The van der Waals surface area contributed by atoms with Gasteiger partial charge in [0.05, 0.1) is 24.4 Å². The van der Waals surface area contributed by atoms with Crippen LogP contribution in [0.25, 0.3) is 0 Å². The van der Waals surface area contributed by atoms with Gasteiger partial charge in [0, 0.05) is 7.05 Å². The monoisotopic (exact) mass is 342 g/mol. The number of benzene rings is 1. The molecule has 0 bridgehead atoms. The summed E-state index contributed by atoms with van der Waals surface area (Å²) in [5.41, 5.74) is 0. The first-order valence-electron chi connectivity index (χ1n) is 6.41. The molecular formula is C14H15ClN2O4S. The lowest BCUT2D eigenvalue weighted by Crippen LogP contribution is -2.38. The highest BCUT2D eigenvalue weighted by molar-refractivity contribution is 7.89. The highest BCUT2D eigenvalue weighted by Gasteiger charge is 2.24. The molecule has 22 heavy (non-hydrogen) atoms. The maximum absolute atomic E-state index is 12.4. The second kappa shape index (κ2) is 6.95. The molecular weight excluding hydrogens is 328 g/mol. The molecule has 0 atom stereocenters. The molecule has 0 radical (unpaired) electrons. The average Bonchev–Trinajstić information content (AvgIpc) is 2.98. The average molecular weight is 343 g/mol. The minimum Gasteiger partial charge on any atom is -0.467 e. The second-order valence-corrected chi connectivity index (χ2v) is 6.97. The van der Waals surface area contributed by atoms with E-state index in [4.69, 9.17) is 16.0 Å². The van der Waals surface area contributed by atoms with E-state index < -0.39 is 15.9 Å². The van der Waals surface area contributed by atoms with Crippen molar-refractivity contribution in [2.24, 2.45) is 0 Å². The molecule has 6 nitrogen and oxygen atoms in total. The number of carbonyl (C=O) groups is 1. The lowest BCUT2D eigenvalue weighted by Gasteiger charge is -2.17. The first kappa shape index (κ1) is 16.5. The Hall–Kier alpha value is -1.83. The first-order chi connectivity index (χ1) is 10.4. The van der Waals surface area contributed by atoms with E-state index in [1.54, 1.807) is 24.3 Å². The Morgan fingerprint density at radius 3 is 2.64 bits per heavy atom. The molecule has 0 saturated carbocycles. The summed E-state index contributed by atoms with van der Waals surface area (Å²) in [5, 5.41) is 2.70. The van der Waals surface area contributed by atoms with Crippen LogP contribution in [0.4, 0.5) is 0 Å². The summed E-state index contributed by atoms with van der Waals surface area (Å²) in [5.74, 6) is 0.152. The Morgan fingerprint density at radius 1 is 1.27 bits per heavy atom. The smallest absolute Gasteiger partial charge is 0.244 e. The molecule has 0 fully saturated rings. The molecule has 1 aromatic heterocycles. The third-order valence-corrected chi connectivity index (χ3v) is 5.23. The Kier molecular flexibility index (Phi) is 5.23. The third-order valence-electron chi connectivity index (χ3n) is 2.93. The molecule has 1 N–H and O–H groups in total. The van der Waals surface area contributed by atoms with Gasteiger partial charge in [-0.05, 0) is 24.3 Å². The summed E-state index contributed by atoms with van der Waals surface area (Å²) in [6.45, 7) is -0.111. The zero-order valence-corrected chi connectivity index (χ0v) is 13.4. The van der Waals surface area contributed by atoms with Crippen LogP contribution in [0.3, 0.4) is 0 Å². The Balaban J connectivity index is 2.00. The van der Waals surface area contributed by atoms with E-state index >= 15 is 0 Å². The maximum Gasteiger partial charge on any atom is 0.244 e. The number of carbonyl (C=O) groups excluding carboxylic acids is 1. The lowest BCUT2D eigenvalue weighted by atomic mass is 10.4. The molecule has 1 aromatic carbocycles. The number of sulfonamides is 1. The zero-order valence-electron chi connectivity index (χ0n) is 11.8. The summed E-state index contributed by atoms with van der Waals surface area (Å²) >= 11 is 5.90. The maximum atomic E-state index is 12.4. The minimum atomic E-state index is -3.82. The van der Waals surface area contributed by atoms with E-state index in [1.807, 2.05) is 0 Å². The normalized spacial score (nSPS) is 11.6. The zero-order chi connectivity index (χ0) is 16.2. The molecule has 0 aliphatic rings. The summed E-state index contributed by atoms with van der Waals surface area (Å²) in [4.78, 5) is 11.8. The summed E-state index contributed by atoms with van der Waals surface area (Å²) in [6.07, 6.45) is 1.50. The van der Waals surface area contributed by atoms with Gasteiger partial charge in [0.25, 0.3) is 0 Å². The highest BCUT2D eigenvalue weighted by atomic mass is 35.5. The number of hydrogen-bond acceptors (Lipinski definition) is 4. The fourth-order valence-electron chi connectivity index (χ4n) is 1.76. The quantitative estimate of drug-likeness (QED) is 0.869. The van der Waals surface area contributed by atoms with Gasteiger partial charge in [0.2, 0.25) is 15.9 Å². The van der Waals surface area contributed by atoms with Crippen LogP contribution in [-0.4, -0.2) is 32.2 Å². The summed E-state index contributed by atoms with van der Waals surface area (Å²) < 4.78 is 30.8. The van der Waals surface area contributed by atoms with Gasteiger partial charge in [-0.1, -0.05) is 23.7 Å². The SMILES string of the molecule is CN(CC(=O)NCc1ccco1)S(=O)(=O)c1ccccc1Cl. The van der Waals surface area contributed by atoms with Crippen molar-refractivity contribution >= 4 is 27.5 Å². The highest BCUT2D eigenvalue weighted by Crippen LogP contribution is 2.23. The molecule has 0 saturated heterocycles. The van der Waals surface area contributed by atoms with Crippen LogP contribution in [0.15, 0.2) is 52.0 Å². The van der Waals surface area contributed by atoms with E-state index in [2.05, 4.69) is 5.32 Å². The van der Waals surface area contributed by atoms with Gasteiger partial charge in [-0.15, -0.1) is 0 Å². The standard InChI is InChI=1S/C14H15ClN2O4S/c1-17(10-14(18)16-9-11-5-4-8-21-11)22(19,20)13-7-3-2-6-12(13)15/h2-8H,9-10H2,1H3,(H,16,18).